The normalized spacial score (nSPS) is 24.0. The summed E-state index contributed by atoms with van der Waals surface area (Å²) in [4.78, 5) is 15.6. The van der Waals surface area contributed by atoms with Crippen LogP contribution >= 0.6 is 0 Å². The molecular formula is C23H28N2O3. The number of nitrogens with zero attached hydrogens (tertiary/aromatic N) is 1. The second-order valence-corrected chi connectivity index (χ2v) is 7.62. The van der Waals surface area contributed by atoms with Gasteiger partial charge in [0.15, 0.2) is 11.5 Å². The molecule has 5 nitrogen and oxygen atoms in total. The van der Waals surface area contributed by atoms with Crippen LogP contribution in [-0.2, 0) is 11.3 Å². The molecule has 2 aromatic rings. The Hall–Kier alpha value is -2.53. The smallest absolute Gasteiger partial charge is 0.225 e. The fourth-order valence-electron chi connectivity index (χ4n) is 4.76. The molecule has 0 bridgehead atoms. The number of rotatable bonds is 6. The van der Waals surface area contributed by atoms with Crippen LogP contribution in [0.3, 0.4) is 0 Å². The van der Waals surface area contributed by atoms with Crippen LogP contribution in [0.4, 0.5) is 0 Å². The molecule has 5 heteroatoms. The molecule has 0 unspecified atom stereocenters. The van der Waals surface area contributed by atoms with Crippen molar-refractivity contribution in [3.8, 4) is 11.5 Å². The average molecular weight is 380 g/mol. The van der Waals surface area contributed by atoms with Crippen molar-refractivity contribution in [1.29, 1.82) is 0 Å². The Morgan fingerprint density at radius 1 is 1.11 bits per heavy atom. The molecule has 2 fully saturated rings. The molecule has 0 spiro atoms. The molecule has 28 heavy (non-hydrogen) atoms. The zero-order valence-corrected chi connectivity index (χ0v) is 16.6. The Morgan fingerprint density at radius 3 is 2.64 bits per heavy atom. The zero-order chi connectivity index (χ0) is 19.5. The number of hydrogen-bond acceptors (Lipinski definition) is 4. The van der Waals surface area contributed by atoms with E-state index in [4.69, 9.17) is 9.47 Å². The third-order valence-corrected chi connectivity index (χ3v) is 6.12. The summed E-state index contributed by atoms with van der Waals surface area (Å²) in [7, 11) is 3.24. The molecule has 1 amide bonds. The first-order valence-electron chi connectivity index (χ1n) is 10.0. The summed E-state index contributed by atoms with van der Waals surface area (Å²) in [6.07, 6.45) is 3.18. The van der Waals surface area contributed by atoms with Crippen molar-refractivity contribution in [3.63, 3.8) is 0 Å². The van der Waals surface area contributed by atoms with Crippen LogP contribution in [0.1, 0.15) is 36.4 Å². The Kier molecular flexibility index (Phi) is 5.53. The van der Waals surface area contributed by atoms with E-state index in [1.54, 1.807) is 14.2 Å². The van der Waals surface area contributed by atoms with Gasteiger partial charge in [0.05, 0.1) is 20.1 Å². The molecule has 2 aromatic carbocycles. The van der Waals surface area contributed by atoms with E-state index in [0.29, 0.717) is 30.1 Å². The van der Waals surface area contributed by atoms with Crippen LogP contribution in [-0.4, -0.2) is 37.6 Å². The van der Waals surface area contributed by atoms with Crippen LogP contribution in [0.5, 0.6) is 11.5 Å². The summed E-state index contributed by atoms with van der Waals surface area (Å²) in [6.45, 7) is 1.59. The Balaban J connectivity index is 1.43. The van der Waals surface area contributed by atoms with Gasteiger partial charge in [0.2, 0.25) is 5.91 Å². The lowest BCUT2D eigenvalue weighted by molar-refractivity contribution is -0.125. The summed E-state index contributed by atoms with van der Waals surface area (Å²) in [5, 5.41) is 3.15. The molecular weight excluding hydrogens is 352 g/mol. The van der Waals surface area contributed by atoms with Crippen molar-refractivity contribution >= 4 is 5.91 Å². The zero-order valence-electron chi connectivity index (χ0n) is 16.6. The molecule has 3 atom stereocenters. The van der Waals surface area contributed by atoms with Crippen molar-refractivity contribution in [2.45, 2.75) is 37.9 Å². The van der Waals surface area contributed by atoms with Crippen molar-refractivity contribution in [3.05, 3.63) is 59.7 Å². The number of ether oxygens (including phenoxy) is 2. The first-order valence-corrected chi connectivity index (χ1v) is 10.0. The minimum atomic E-state index is 0.0489. The third kappa shape index (κ3) is 3.59. The number of methoxy groups -OCH3 is 2. The van der Waals surface area contributed by atoms with E-state index in [1.807, 2.05) is 24.3 Å². The van der Waals surface area contributed by atoms with E-state index >= 15 is 0 Å². The maximum absolute atomic E-state index is 13.0. The quantitative estimate of drug-likeness (QED) is 0.833. The first-order chi connectivity index (χ1) is 13.7. The molecule has 0 radical (unpaired) electrons. The predicted molar refractivity (Wildman–Crippen MR) is 108 cm³/mol. The lowest BCUT2D eigenvalue weighted by Crippen LogP contribution is -2.37. The van der Waals surface area contributed by atoms with Gasteiger partial charge in [-0.25, -0.2) is 0 Å². The van der Waals surface area contributed by atoms with Gasteiger partial charge in [0.1, 0.15) is 0 Å². The molecule has 0 saturated carbocycles. The number of carbonyl (C=O) groups is 1. The highest BCUT2D eigenvalue weighted by Gasteiger charge is 2.46. The maximum Gasteiger partial charge on any atom is 0.225 e. The first kappa shape index (κ1) is 18.8. The van der Waals surface area contributed by atoms with Crippen molar-refractivity contribution in [2.75, 3.05) is 20.8 Å². The monoisotopic (exact) mass is 380 g/mol. The van der Waals surface area contributed by atoms with Gasteiger partial charge in [-0.3, -0.25) is 9.69 Å². The van der Waals surface area contributed by atoms with Gasteiger partial charge in [-0.2, -0.15) is 0 Å². The predicted octanol–water partition coefficient (Wildman–Crippen LogP) is 3.55. The number of nitrogens with one attached hydrogen (secondary N) is 1. The van der Waals surface area contributed by atoms with Crippen LogP contribution in [0.15, 0.2) is 48.5 Å². The highest BCUT2D eigenvalue weighted by atomic mass is 16.5. The van der Waals surface area contributed by atoms with E-state index in [1.165, 1.54) is 12.0 Å². The minimum absolute atomic E-state index is 0.0489. The van der Waals surface area contributed by atoms with Gasteiger partial charge in [-0.05, 0) is 49.1 Å². The molecule has 0 aliphatic carbocycles. The number of fused-ring (bicyclic) bond motifs is 1. The third-order valence-electron chi connectivity index (χ3n) is 6.12. The number of carbonyl (C=O) groups excluding carboxylic acids is 1. The molecule has 2 aliphatic rings. The van der Waals surface area contributed by atoms with Crippen molar-refractivity contribution in [1.82, 2.24) is 10.2 Å². The highest BCUT2D eigenvalue weighted by molar-refractivity contribution is 5.80. The van der Waals surface area contributed by atoms with E-state index in [9.17, 15) is 4.79 Å². The lowest BCUT2D eigenvalue weighted by Gasteiger charge is -2.24. The summed E-state index contributed by atoms with van der Waals surface area (Å²) >= 11 is 0. The molecule has 2 heterocycles. The highest BCUT2D eigenvalue weighted by Crippen LogP contribution is 2.44. The van der Waals surface area contributed by atoms with E-state index in [0.717, 1.165) is 24.9 Å². The minimum Gasteiger partial charge on any atom is -0.493 e. The lowest BCUT2D eigenvalue weighted by atomic mass is 9.93. The van der Waals surface area contributed by atoms with Crippen LogP contribution in [0.2, 0.25) is 0 Å². The SMILES string of the molecule is COc1ccc(CNC(=O)[C@@H]2C[C@H](c3ccccc3)N3CCC[C@@H]23)cc1OC. The van der Waals surface area contributed by atoms with Crippen LogP contribution < -0.4 is 14.8 Å². The fourth-order valence-corrected chi connectivity index (χ4v) is 4.76. The number of hydrogen-bond donors (Lipinski definition) is 1. The molecule has 0 aromatic heterocycles. The standard InChI is InChI=1S/C23H28N2O3/c1-27-21-11-10-16(13-22(21)28-2)15-24-23(26)18-14-20(17-7-4-3-5-8-17)25-12-6-9-19(18)25/h3-5,7-8,10-11,13,18-20H,6,9,12,14-15H2,1-2H3,(H,24,26)/t18-,19+,20-/m1/s1. The molecule has 4 rings (SSSR count). The molecule has 148 valence electrons. The van der Waals surface area contributed by atoms with E-state index in [2.05, 4.69) is 34.5 Å². The Morgan fingerprint density at radius 2 is 1.89 bits per heavy atom. The Labute approximate surface area is 166 Å². The van der Waals surface area contributed by atoms with E-state index in [-0.39, 0.29) is 11.8 Å². The van der Waals surface area contributed by atoms with Crippen LogP contribution in [0.25, 0.3) is 0 Å². The topological polar surface area (TPSA) is 50.8 Å². The summed E-state index contributed by atoms with van der Waals surface area (Å²) in [5.74, 6) is 1.58. The van der Waals surface area contributed by atoms with E-state index < -0.39 is 0 Å². The second-order valence-electron chi connectivity index (χ2n) is 7.62. The van der Waals surface area contributed by atoms with Gasteiger partial charge in [-0.15, -0.1) is 0 Å². The summed E-state index contributed by atoms with van der Waals surface area (Å²) < 4.78 is 10.6. The summed E-state index contributed by atoms with van der Waals surface area (Å²) in [5.41, 5.74) is 2.33. The van der Waals surface area contributed by atoms with Gasteiger partial charge < -0.3 is 14.8 Å². The largest absolute Gasteiger partial charge is 0.493 e. The molecule has 2 aliphatic heterocycles. The molecule has 1 N–H and O–H groups in total. The average Bonchev–Trinajstić information content (AvgIpc) is 3.35. The van der Waals surface area contributed by atoms with Crippen molar-refractivity contribution in [2.24, 2.45) is 5.92 Å². The van der Waals surface area contributed by atoms with Crippen LogP contribution in [0, 0.1) is 5.92 Å². The second kappa shape index (κ2) is 8.23. The Bertz CT molecular complexity index is 824. The van der Waals surface area contributed by atoms with Crippen molar-refractivity contribution < 1.29 is 14.3 Å². The van der Waals surface area contributed by atoms with Gasteiger partial charge >= 0.3 is 0 Å². The fraction of sp³-hybridized carbons (Fsp3) is 0.435. The number of amides is 1. The maximum atomic E-state index is 13.0. The summed E-state index contributed by atoms with van der Waals surface area (Å²) in [6, 6.07) is 17.1. The van der Waals surface area contributed by atoms with Gasteiger partial charge in [-0.1, -0.05) is 36.4 Å². The van der Waals surface area contributed by atoms with Gasteiger partial charge in [0, 0.05) is 18.6 Å². The van der Waals surface area contributed by atoms with Gasteiger partial charge in [0.25, 0.3) is 0 Å². The number of benzene rings is 2. The molecule has 2 saturated heterocycles.